The van der Waals surface area contributed by atoms with Crippen LogP contribution in [0.25, 0.3) is 5.69 Å². The van der Waals surface area contributed by atoms with Crippen LogP contribution in [0.4, 0.5) is 0 Å². The molecule has 1 saturated carbocycles. The van der Waals surface area contributed by atoms with E-state index in [4.69, 9.17) is 9.47 Å². The molecule has 3 aromatic rings. The summed E-state index contributed by atoms with van der Waals surface area (Å²) >= 11 is 0. The minimum atomic E-state index is 0.217. The first-order valence-corrected chi connectivity index (χ1v) is 9.38. The lowest BCUT2D eigenvalue weighted by atomic mass is 9.86. The van der Waals surface area contributed by atoms with Crippen LogP contribution in [-0.2, 0) is 0 Å². The van der Waals surface area contributed by atoms with Crippen molar-refractivity contribution >= 4 is 0 Å². The van der Waals surface area contributed by atoms with E-state index in [1.54, 1.807) is 13.3 Å². The summed E-state index contributed by atoms with van der Waals surface area (Å²) in [5.41, 5.74) is 1.07. The highest BCUT2D eigenvalue weighted by atomic mass is 16.5. The number of aromatic nitrogens is 4. The molecule has 1 aliphatic carbocycles. The Morgan fingerprint density at radius 1 is 0.963 bits per heavy atom. The summed E-state index contributed by atoms with van der Waals surface area (Å²) in [4.78, 5) is 4.26. The van der Waals surface area contributed by atoms with Gasteiger partial charge in [0.15, 0.2) is 0 Å². The summed E-state index contributed by atoms with van der Waals surface area (Å²) in [7, 11) is 1.68. The van der Waals surface area contributed by atoms with Crippen LogP contribution in [0.1, 0.15) is 43.3 Å². The predicted molar refractivity (Wildman–Crippen MR) is 103 cm³/mol. The van der Waals surface area contributed by atoms with Gasteiger partial charge in [-0.2, -0.15) is 0 Å². The topological polar surface area (TPSA) is 62.1 Å². The van der Waals surface area contributed by atoms with Crippen LogP contribution >= 0.6 is 0 Å². The molecular weight excluding hydrogens is 340 g/mol. The summed E-state index contributed by atoms with van der Waals surface area (Å²) in [5.74, 6) is 3.88. The van der Waals surface area contributed by atoms with Crippen LogP contribution in [0.5, 0.6) is 11.6 Å². The van der Waals surface area contributed by atoms with E-state index >= 15 is 0 Å². The Morgan fingerprint density at radius 2 is 1.74 bits per heavy atom. The third-order valence-corrected chi connectivity index (χ3v) is 5.15. The van der Waals surface area contributed by atoms with Gasteiger partial charge in [0.1, 0.15) is 23.5 Å². The van der Waals surface area contributed by atoms with E-state index in [2.05, 4.69) is 31.9 Å². The van der Waals surface area contributed by atoms with Crippen LogP contribution in [-0.4, -0.2) is 33.0 Å². The molecule has 6 heteroatoms. The van der Waals surface area contributed by atoms with Crippen LogP contribution in [0.15, 0.2) is 48.7 Å². The van der Waals surface area contributed by atoms with Gasteiger partial charge in [0.2, 0.25) is 5.88 Å². The van der Waals surface area contributed by atoms with Crippen LogP contribution in [0, 0.1) is 6.92 Å². The zero-order chi connectivity index (χ0) is 18.6. The lowest BCUT2D eigenvalue weighted by molar-refractivity contribution is 0.139. The van der Waals surface area contributed by atoms with Gasteiger partial charge in [-0.1, -0.05) is 6.07 Å². The van der Waals surface area contributed by atoms with Gasteiger partial charge in [0.25, 0.3) is 0 Å². The minimum absolute atomic E-state index is 0.217. The van der Waals surface area contributed by atoms with E-state index in [1.807, 2.05) is 37.3 Å². The molecule has 140 valence electrons. The quantitative estimate of drug-likeness (QED) is 0.682. The first kappa shape index (κ1) is 17.5. The van der Waals surface area contributed by atoms with Crippen molar-refractivity contribution in [1.29, 1.82) is 0 Å². The van der Waals surface area contributed by atoms with Gasteiger partial charge < -0.3 is 9.47 Å². The number of rotatable bonds is 5. The molecule has 2 heterocycles. The molecule has 0 amide bonds. The molecule has 0 unspecified atom stereocenters. The summed E-state index contributed by atoms with van der Waals surface area (Å²) in [6, 6.07) is 13.8. The van der Waals surface area contributed by atoms with E-state index in [0.717, 1.165) is 48.8 Å². The lowest BCUT2D eigenvalue weighted by Crippen LogP contribution is -2.25. The van der Waals surface area contributed by atoms with Crippen molar-refractivity contribution in [3.63, 3.8) is 0 Å². The number of pyridine rings is 1. The van der Waals surface area contributed by atoms with Crippen molar-refractivity contribution in [2.24, 2.45) is 0 Å². The van der Waals surface area contributed by atoms with Crippen molar-refractivity contribution < 1.29 is 9.47 Å². The monoisotopic (exact) mass is 364 g/mol. The Hall–Kier alpha value is -2.89. The highest BCUT2D eigenvalue weighted by Gasteiger charge is 2.28. The van der Waals surface area contributed by atoms with Gasteiger partial charge in [-0.25, -0.2) is 4.98 Å². The molecule has 0 atom stereocenters. The van der Waals surface area contributed by atoms with Crippen LogP contribution in [0.2, 0.25) is 0 Å². The second-order valence-electron chi connectivity index (χ2n) is 6.90. The molecular formula is C21H24N4O2. The maximum absolute atomic E-state index is 6.02. The molecule has 0 spiro atoms. The van der Waals surface area contributed by atoms with E-state index in [-0.39, 0.29) is 6.10 Å². The SMILES string of the molecule is COc1ccc(-n2c(C)nnc2[C@H]2CC[C@H](Oc3ccccn3)CC2)cc1. The van der Waals surface area contributed by atoms with E-state index in [9.17, 15) is 0 Å². The first-order valence-electron chi connectivity index (χ1n) is 9.38. The third-order valence-electron chi connectivity index (χ3n) is 5.15. The normalized spacial score (nSPS) is 19.6. The highest BCUT2D eigenvalue weighted by molar-refractivity contribution is 5.39. The number of aryl methyl sites for hydroxylation is 1. The second-order valence-corrected chi connectivity index (χ2v) is 6.90. The molecule has 0 aliphatic heterocycles. The van der Waals surface area contributed by atoms with Gasteiger partial charge in [-0.3, -0.25) is 4.57 Å². The summed E-state index contributed by atoms with van der Waals surface area (Å²) < 4.78 is 13.4. The zero-order valence-electron chi connectivity index (χ0n) is 15.7. The number of nitrogens with zero attached hydrogens (tertiary/aromatic N) is 4. The van der Waals surface area contributed by atoms with Gasteiger partial charge >= 0.3 is 0 Å². The Morgan fingerprint density at radius 3 is 2.41 bits per heavy atom. The molecule has 4 rings (SSSR count). The molecule has 2 aromatic heterocycles. The molecule has 6 nitrogen and oxygen atoms in total. The van der Waals surface area contributed by atoms with E-state index < -0.39 is 0 Å². The number of hydrogen-bond acceptors (Lipinski definition) is 5. The lowest BCUT2D eigenvalue weighted by Gasteiger charge is -2.28. The number of hydrogen-bond donors (Lipinski definition) is 0. The Kier molecular flexibility index (Phi) is 5.05. The fraction of sp³-hybridized carbons (Fsp3) is 0.381. The molecule has 1 aromatic carbocycles. The second kappa shape index (κ2) is 7.78. The average molecular weight is 364 g/mol. The smallest absolute Gasteiger partial charge is 0.213 e. The zero-order valence-corrected chi connectivity index (χ0v) is 15.7. The van der Waals surface area contributed by atoms with Crippen molar-refractivity contribution in [2.45, 2.75) is 44.6 Å². The number of methoxy groups -OCH3 is 1. The van der Waals surface area contributed by atoms with Crippen molar-refractivity contribution in [3.05, 3.63) is 60.3 Å². The molecule has 0 radical (unpaired) electrons. The van der Waals surface area contributed by atoms with E-state index in [1.165, 1.54) is 0 Å². The predicted octanol–water partition coefficient (Wildman–Crippen LogP) is 4.08. The molecule has 0 N–H and O–H groups in total. The summed E-state index contributed by atoms with van der Waals surface area (Å²) in [6.45, 7) is 2.00. The van der Waals surface area contributed by atoms with Gasteiger partial charge in [-0.15, -0.1) is 10.2 Å². The maximum atomic E-state index is 6.02. The molecule has 1 fully saturated rings. The Balaban J connectivity index is 1.47. The van der Waals surface area contributed by atoms with Crippen molar-refractivity contribution in [2.75, 3.05) is 7.11 Å². The fourth-order valence-electron chi connectivity index (χ4n) is 3.72. The standard InChI is InChI=1S/C21H24N4O2/c1-15-23-24-21(25(15)17-8-12-18(26-2)13-9-17)16-6-10-19(11-7-16)27-20-5-3-4-14-22-20/h3-5,8-9,12-14,16,19H,6-7,10-11H2,1-2H3/t16-,19-. The molecule has 1 aliphatic rings. The van der Waals surface area contributed by atoms with Crippen molar-refractivity contribution in [1.82, 2.24) is 19.7 Å². The Labute approximate surface area is 159 Å². The molecule has 0 saturated heterocycles. The molecule has 27 heavy (non-hydrogen) atoms. The van der Waals surface area contributed by atoms with Crippen LogP contribution in [0.3, 0.4) is 0 Å². The van der Waals surface area contributed by atoms with Crippen molar-refractivity contribution in [3.8, 4) is 17.3 Å². The van der Waals surface area contributed by atoms with Gasteiger partial charge in [-0.05, 0) is 62.9 Å². The van der Waals surface area contributed by atoms with Gasteiger partial charge in [0, 0.05) is 23.9 Å². The summed E-state index contributed by atoms with van der Waals surface area (Å²) in [5, 5.41) is 8.83. The number of ether oxygens (including phenoxy) is 2. The largest absolute Gasteiger partial charge is 0.497 e. The van der Waals surface area contributed by atoms with Gasteiger partial charge in [0.05, 0.1) is 7.11 Å². The van der Waals surface area contributed by atoms with E-state index in [0.29, 0.717) is 11.8 Å². The Bertz CT molecular complexity index is 869. The minimum Gasteiger partial charge on any atom is -0.497 e. The number of benzene rings is 1. The fourth-order valence-corrected chi connectivity index (χ4v) is 3.72. The third kappa shape index (κ3) is 3.79. The average Bonchev–Trinajstić information content (AvgIpc) is 3.11. The summed E-state index contributed by atoms with van der Waals surface area (Å²) in [6.07, 6.45) is 6.04. The van der Waals surface area contributed by atoms with Crippen LogP contribution < -0.4 is 9.47 Å². The molecule has 0 bridgehead atoms. The highest BCUT2D eigenvalue weighted by Crippen LogP contribution is 2.35. The first-order chi connectivity index (χ1) is 13.2. The maximum Gasteiger partial charge on any atom is 0.213 e.